The van der Waals surface area contributed by atoms with Gasteiger partial charge in [0.1, 0.15) is 17.8 Å². The van der Waals surface area contributed by atoms with Crippen LogP contribution in [0.5, 0.6) is 5.75 Å². The molecule has 0 bridgehead atoms. The lowest BCUT2D eigenvalue weighted by Gasteiger charge is -2.23. The zero-order valence-corrected chi connectivity index (χ0v) is 39.3. The van der Waals surface area contributed by atoms with Crippen molar-refractivity contribution >= 4 is 71.1 Å². The summed E-state index contributed by atoms with van der Waals surface area (Å²) in [6.45, 7) is 13.3. The molecule has 0 aromatic heterocycles. The lowest BCUT2D eigenvalue weighted by molar-refractivity contribution is -0.132. The van der Waals surface area contributed by atoms with Crippen molar-refractivity contribution in [3.05, 3.63) is 65.7 Å². The first kappa shape index (κ1) is 53.9. The first-order valence-corrected chi connectivity index (χ1v) is 23.6. The van der Waals surface area contributed by atoms with Crippen LogP contribution in [0.1, 0.15) is 72.9 Å². The fraction of sp³-hybridized carbons (Fsp3) is 0.548. The van der Waals surface area contributed by atoms with Crippen molar-refractivity contribution in [3.63, 3.8) is 0 Å². The number of nitrogens with two attached hydrogens (primary N) is 2. The van der Waals surface area contributed by atoms with Crippen molar-refractivity contribution < 1.29 is 51.7 Å². The van der Waals surface area contributed by atoms with Crippen molar-refractivity contribution in [1.82, 2.24) is 21.3 Å². The first-order chi connectivity index (χ1) is 28.9. The van der Waals surface area contributed by atoms with Gasteiger partial charge in [-0.05, 0) is 42.0 Å². The summed E-state index contributed by atoms with van der Waals surface area (Å²) in [7, 11) is -4.21. The largest absolute Gasteiger partial charge is 0.530 e. The van der Waals surface area contributed by atoms with E-state index < -0.39 is 79.4 Å². The molecule has 62 heavy (non-hydrogen) atoms. The summed E-state index contributed by atoms with van der Waals surface area (Å²) in [5.74, 6) is -2.74. The third kappa shape index (κ3) is 21.2. The molecule has 0 unspecified atom stereocenters. The maximum atomic E-state index is 13.6. The summed E-state index contributed by atoms with van der Waals surface area (Å²) in [5.41, 5.74) is 11.8. The van der Waals surface area contributed by atoms with E-state index in [1.54, 1.807) is 84.0 Å². The summed E-state index contributed by atoms with van der Waals surface area (Å²) in [5, 5.41) is 9.92. The monoisotopic (exact) mass is 922 g/mol. The van der Waals surface area contributed by atoms with Gasteiger partial charge in [-0.2, -0.15) is 0 Å². The van der Waals surface area contributed by atoms with Gasteiger partial charge in [-0.25, -0.2) is 4.57 Å². The Morgan fingerprint density at radius 3 is 1.69 bits per heavy atom. The molecule has 0 saturated carbocycles. The topological polar surface area (TPSA) is 264 Å². The Morgan fingerprint density at radius 1 is 0.677 bits per heavy atom. The molecule has 3 atom stereocenters. The van der Waals surface area contributed by atoms with Crippen LogP contribution in [0.3, 0.4) is 0 Å². The predicted octanol–water partition coefficient (Wildman–Crippen LogP) is 3.66. The standard InChI is InChI=1S/C42H63N6O11PS2/c1-27(2)22-32(36(44)51)48-38(53)33(24-28-12-10-9-11-13-28)47-35(50)26-45-34(49)25-46-37(52)31(43)23-29-14-16-30(17-15-29)59-60(56,57-18-20-61-39(54)41(3,4)5)58-19-21-62-40(55)42(6,7)8/h9-17,27,31-33H,18-26,43H2,1-8H3,(H2,44,51)(H,45,49)(H,46,52)(H,47,50)(H,48,53)/t31-,32-,33-/m0/s1. The Bertz CT molecular complexity index is 1830. The number of amides is 5. The molecular weight excluding hydrogens is 860 g/mol. The molecule has 20 heteroatoms. The summed E-state index contributed by atoms with van der Waals surface area (Å²) in [4.78, 5) is 88.0. The molecule has 2 aromatic carbocycles. The number of carbonyl (C=O) groups excluding carboxylic acids is 7. The van der Waals surface area contributed by atoms with Crippen molar-refractivity contribution in [1.29, 1.82) is 0 Å². The van der Waals surface area contributed by atoms with Gasteiger partial charge in [0.25, 0.3) is 0 Å². The van der Waals surface area contributed by atoms with Crippen LogP contribution < -0.4 is 37.3 Å². The third-order valence-corrected chi connectivity index (χ3v) is 12.4. The SMILES string of the molecule is CC(C)C[C@H](NC(=O)[C@H](Cc1ccccc1)NC(=O)CNC(=O)CNC(=O)[C@@H](N)Cc1ccc(OP(=O)(OCCSC(=O)C(C)(C)C)OCCSC(=O)C(C)(C)C)cc1)C(N)=O. The van der Waals surface area contributed by atoms with E-state index in [1.807, 2.05) is 13.8 Å². The van der Waals surface area contributed by atoms with Crippen LogP contribution in [-0.2, 0) is 60.0 Å². The normalized spacial score (nSPS) is 13.3. The Balaban J connectivity index is 1.93. The minimum atomic E-state index is -4.21. The van der Waals surface area contributed by atoms with Gasteiger partial charge in [-0.15, -0.1) is 0 Å². The van der Waals surface area contributed by atoms with E-state index >= 15 is 0 Å². The number of benzene rings is 2. The van der Waals surface area contributed by atoms with E-state index in [1.165, 1.54) is 12.1 Å². The van der Waals surface area contributed by atoms with Crippen LogP contribution in [0.2, 0.25) is 0 Å². The Morgan fingerprint density at radius 2 is 1.19 bits per heavy atom. The van der Waals surface area contributed by atoms with E-state index in [2.05, 4.69) is 21.3 Å². The van der Waals surface area contributed by atoms with Crippen LogP contribution in [0.25, 0.3) is 0 Å². The highest BCUT2D eigenvalue weighted by Gasteiger charge is 2.31. The molecule has 0 aliphatic rings. The quantitative estimate of drug-likeness (QED) is 0.0614. The van der Waals surface area contributed by atoms with Crippen LogP contribution in [-0.4, -0.2) is 95.7 Å². The Labute approximate surface area is 373 Å². The molecule has 0 spiro atoms. The van der Waals surface area contributed by atoms with E-state index in [-0.39, 0.29) is 59.5 Å². The van der Waals surface area contributed by atoms with E-state index in [0.717, 1.165) is 29.1 Å². The minimum Gasteiger partial charge on any atom is -0.404 e. The number of primary amides is 1. The average molecular weight is 923 g/mol. The Hall–Kier alpha value is -4.26. The molecule has 0 radical (unpaired) electrons. The number of nitrogens with one attached hydrogen (secondary N) is 4. The highest BCUT2D eigenvalue weighted by Crippen LogP contribution is 2.49. The van der Waals surface area contributed by atoms with Gasteiger partial charge >= 0.3 is 7.82 Å². The van der Waals surface area contributed by atoms with Gasteiger partial charge in [0.15, 0.2) is 10.2 Å². The van der Waals surface area contributed by atoms with Gasteiger partial charge in [0.2, 0.25) is 29.5 Å². The average Bonchev–Trinajstić information content (AvgIpc) is 3.18. The second kappa shape index (κ2) is 25.8. The van der Waals surface area contributed by atoms with Crippen LogP contribution in [0, 0.1) is 16.7 Å². The summed E-state index contributed by atoms with van der Waals surface area (Å²) in [6, 6.07) is 12.0. The van der Waals surface area contributed by atoms with Gasteiger partial charge < -0.3 is 37.3 Å². The summed E-state index contributed by atoms with van der Waals surface area (Å²) in [6.07, 6.45) is 0.469. The number of phosphoric acid groups is 1. The highest BCUT2D eigenvalue weighted by molar-refractivity contribution is 8.14. The number of carbonyl (C=O) groups is 7. The summed E-state index contributed by atoms with van der Waals surface area (Å²) < 4.78 is 30.4. The molecule has 0 aliphatic heterocycles. The van der Waals surface area contributed by atoms with Gasteiger partial charge in [-0.3, -0.25) is 42.6 Å². The van der Waals surface area contributed by atoms with Crippen molar-refractivity contribution in [2.75, 3.05) is 37.8 Å². The van der Waals surface area contributed by atoms with E-state index in [0.29, 0.717) is 12.0 Å². The van der Waals surface area contributed by atoms with E-state index in [9.17, 15) is 38.1 Å². The molecule has 2 aromatic rings. The predicted molar refractivity (Wildman–Crippen MR) is 241 cm³/mol. The number of hydrogen-bond donors (Lipinski definition) is 6. The molecular formula is C42H63N6O11PS2. The second-order valence-corrected chi connectivity index (χ2v) is 20.6. The van der Waals surface area contributed by atoms with Gasteiger partial charge in [-0.1, -0.05) is 121 Å². The number of hydrogen-bond acceptors (Lipinski definition) is 14. The third-order valence-electron chi connectivity index (χ3n) is 8.46. The Kier molecular flexibility index (Phi) is 22.4. The van der Waals surface area contributed by atoms with Crippen molar-refractivity contribution in [3.8, 4) is 5.75 Å². The molecule has 8 N–H and O–H groups in total. The lowest BCUT2D eigenvalue weighted by Crippen LogP contribution is -2.55. The number of thioether (sulfide) groups is 2. The molecule has 2 rings (SSSR count). The van der Waals surface area contributed by atoms with Gasteiger partial charge in [0, 0.05) is 28.8 Å². The lowest BCUT2D eigenvalue weighted by atomic mass is 9.99. The number of phosphoric ester groups is 1. The van der Waals surface area contributed by atoms with Crippen LogP contribution in [0.15, 0.2) is 54.6 Å². The molecule has 5 amide bonds. The minimum absolute atomic E-state index is 0.0531. The maximum Gasteiger partial charge on any atom is 0.530 e. The first-order valence-electron chi connectivity index (χ1n) is 20.1. The second-order valence-electron chi connectivity index (χ2n) is 16.8. The molecule has 0 aliphatic carbocycles. The molecule has 344 valence electrons. The highest BCUT2D eigenvalue weighted by atomic mass is 32.2. The maximum absolute atomic E-state index is 13.6. The smallest absolute Gasteiger partial charge is 0.404 e. The molecule has 0 fully saturated rings. The van der Waals surface area contributed by atoms with Crippen molar-refractivity contribution in [2.45, 2.75) is 92.8 Å². The van der Waals surface area contributed by atoms with Crippen LogP contribution >= 0.6 is 31.3 Å². The van der Waals surface area contributed by atoms with Crippen LogP contribution in [0.4, 0.5) is 0 Å². The molecule has 0 heterocycles. The van der Waals surface area contributed by atoms with Gasteiger partial charge in [0.05, 0.1) is 32.3 Å². The fourth-order valence-corrected chi connectivity index (χ4v) is 8.09. The molecule has 0 saturated heterocycles. The molecule has 17 nitrogen and oxygen atoms in total. The van der Waals surface area contributed by atoms with Crippen molar-refractivity contribution in [2.24, 2.45) is 28.2 Å². The summed E-state index contributed by atoms with van der Waals surface area (Å²) >= 11 is 2.08. The zero-order chi connectivity index (χ0) is 46.7. The fourth-order valence-electron chi connectivity index (χ4n) is 5.09. The zero-order valence-electron chi connectivity index (χ0n) is 36.8. The van der Waals surface area contributed by atoms with E-state index in [4.69, 9.17) is 25.0 Å². The number of rotatable bonds is 25.